The first-order valence-corrected chi connectivity index (χ1v) is 44.2. The van der Waals surface area contributed by atoms with Crippen molar-refractivity contribution in [2.24, 2.45) is 0 Å². The molecule has 2 amide bonds. The van der Waals surface area contributed by atoms with Gasteiger partial charge in [-0.3, -0.25) is 9.59 Å². The van der Waals surface area contributed by atoms with E-state index in [2.05, 4.69) is 10.6 Å². The summed E-state index contributed by atoms with van der Waals surface area (Å²) in [6.07, 6.45) is -130. The number of nitrogens with one attached hydrogen (secondary N) is 2. The van der Waals surface area contributed by atoms with Crippen LogP contribution in [0.4, 0.5) is 0 Å². The van der Waals surface area contributed by atoms with E-state index in [0.717, 1.165) is 13.8 Å². The van der Waals surface area contributed by atoms with E-state index in [1.54, 1.807) is 0 Å². The minimum atomic E-state index is -2.75. The zero-order valence-electron chi connectivity index (χ0n) is 73.4. The maximum atomic E-state index is 13.2. The number of carbonyl (C=O) groups excluding carboxylic acids is 2. The Kier molecular flexibility index (Phi) is 41.0. The minimum Gasteiger partial charge on any atom is -0.394 e. The Morgan fingerprint density at radius 3 is 0.734 bits per heavy atom. The number of carbonyl (C=O) groups is 2. The van der Waals surface area contributed by atoms with E-state index in [4.69, 9.17) is 109 Å². The molecular formula is C76H128N2O61. The molecule has 808 valence electrons. The topological polar surface area (TPSA) is 999 Å². The van der Waals surface area contributed by atoms with Crippen LogP contribution in [0.15, 0.2) is 0 Å². The molecule has 2 unspecified atom stereocenters. The number of hydrogen-bond donors (Lipinski definition) is 38. The van der Waals surface area contributed by atoms with E-state index in [1.807, 2.05) is 0 Å². The molecule has 12 fully saturated rings. The van der Waals surface area contributed by atoms with Gasteiger partial charge in [-0.25, -0.2) is 0 Å². The predicted octanol–water partition coefficient (Wildman–Crippen LogP) is -26.9. The van der Waals surface area contributed by atoms with E-state index in [0.29, 0.717) is 0 Å². The van der Waals surface area contributed by atoms with E-state index < -0.39 is 459 Å². The lowest BCUT2D eigenvalue weighted by molar-refractivity contribution is -0.411. The average Bonchev–Trinajstić information content (AvgIpc) is 0.782. The maximum absolute atomic E-state index is 13.2. The summed E-state index contributed by atoms with van der Waals surface area (Å²) < 4.78 is 136. The summed E-state index contributed by atoms with van der Waals surface area (Å²) in [5.74, 6) is -1.86. The van der Waals surface area contributed by atoms with Gasteiger partial charge in [-0.2, -0.15) is 0 Å². The van der Waals surface area contributed by atoms with Gasteiger partial charge in [-0.1, -0.05) is 0 Å². The van der Waals surface area contributed by atoms with Crippen LogP contribution >= 0.6 is 0 Å². The molecule has 60 atom stereocenters. The maximum Gasteiger partial charge on any atom is 0.217 e. The molecule has 0 saturated carbocycles. The summed E-state index contributed by atoms with van der Waals surface area (Å²) in [5.41, 5.74) is 0. The van der Waals surface area contributed by atoms with Crippen molar-refractivity contribution >= 4 is 11.8 Å². The molecule has 0 aromatic carbocycles. The Hall–Kier alpha value is -3.42. The number of aliphatic hydroxyl groups is 36. The largest absolute Gasteiger partial charge is 0.394 e. The number of ether oxygens (including phenoxy) is 23. The van der Waals surface area contributed by atoms with Crippen LogP contribution in [0.25, 0.3) is 0 Å². The van der Waals surface area contributed by atoms with Gasteiger partial charge in [0.2, 0.25) is 11.8 Å². The summed E-state index contributed by atoms with van der Waals surface area (Å²) >= 11 is 0. The third kappa shape index (κ3) is 24.5. The summed E-state index contributed by atoms with van der Waals surface area (Å²) in [6, 6.07) is -3.77. The number of amides is 2. The molecule has 12 aliphatic rings. The highest BCUT2D eigenvalue weighted by Crippen LogP contribution is 2.43. The van der Waals surface area contributed by atoms with Crippen molar-refractivity contribution in [2.45, 2.75) is 382 Å². The number of aliphatic hydroxyl groups excluding tert-OH is 36. The van der Waals surface area contributed by atoms with Gasteiger partial charge in [-0.15, -0.1) is 0 Å². The summed E-state index contributed by atoms with van der Waals surface area (Å²) in [4.78, 5) is 25.5. The fourth-order valence-corrected chi connectivity index (χ4v) is 17.9. The lowest BCUT2D eigenvalue weighted by Crippen LogP contribution is -2.70. The summed E-state index contributed by atoms with van der Waals surface area (Å²) in [7, 11) is 0. The highest BCUT2D eigenvalue weighted by Gasteiger charge is 2.63. The summed E-state index contributed by atoms with van der Waals surface area (Å²) in [5, 5.41) is 408. The first-order chi connectivity index (χ1) is 65.9. The van der Waals surface area contributed by atoms with Crippen LogP contribution in [0.5, 0.6) is 0 Å². The third-order valence-corrected chi connectivity index (χ3v) is 25.9. The van der Waals surface area contributed by atoms with Gasteiger partial charge in [0.25, 0.3) is 0 Å². The molecule has 0 spiro atoms. The smallest absolute Gasteiger partial charge is 0.217 e. The number of hydrogen-bond acceptors (Lipinski definition) is 61. The second kappa shape index (κ2) is 49.8. The Morgan fingerprint density at radius 1 is 0.187 bits per heavy atom. The van der Waals surface area contributed by atoms with Crippen molar-refractivity contribution in [2.75, 3.05) is 79.3 Å². The quantitative estimate of drug-likeness (QED) is 0.0277. The van der Waals surface area contributed by atoms with Crippen LogP contribution in [0.3, 0.4) is 0 Å². The van der Waals surface area contributed by atoms with Crippen molar-refractivity contribution in [3.8, 4) is 0 Å². The molecule has 139 heavy (non-hydrogen) atoms. The van der Waals surface area contributed by atoms with Gasteiger partial charge in [0.15, 0.2) is 75.5 Å². The Balaban J connectivity index is 0.905. The first-order valence-electron chi connectivity index (χ1n) is 44.2. The van der Waals surface area contributed by atoms with Crippen molar-refractivity contribution in [1.29, 1.82) is 0 Å². The fourth-order valence-electron chi connectivity index (χ4n) is 17.9. The highest BCUT2D eigenvalue weighted by molar-refractivity contribution is 5.73. The Labute approximate surface area is 784 Å². The van der Waals surface area contributed by atoms with Crippen LogP contribution in [-0.4, -0.2) is 643 Å². The Morgan fingerprint density at radius 2 is 0.396 bits per heavy atom. The highest BCUT2D eigenvalue weighted by atomic mass is 16.8. The van der Waals surface area contributed by atoms with E-state index >= 15 is 0 Å². The van der Waals surface area contributed by atoms with Crippen molar-refractivity contribution in [1.82, 2.24) is 10.6 Å². The van der Waals surface area contributed by atoms with Gasteiger partial charge in [0.1, 0.15) is 293 Å². The molecule has 63 nitrogen and oxygen atoms in total. The molecule has 0 bridgehead atoms. The SMILES string of the molecule is CC(=O)N[C@H]1[C@H](O[C@H]2[C@H](O)[C@@H](NC(C)=O)C(O)O[C@@H]2CO)O[C@H](CO)[C@@H](O[C@@H]2O[C@H](CO[C@H]3O[C@H](CO[C@H]4O[C@H](CO)[C@@H](O)[C@H](O)[C@@H]4O[C@H]4O[C@H](CO)[C@@H](O)[C@H](O)[C@@H]4O)[C@@H](O)[C@H](O[C@H]4O[C@H](CO)[C@@H](O)[C@H](O)[C@@H]4O[C@H]4O[C@H](CO)[C@@H](O)[C@H](O)[C@@H]4O)[C@@H]3O)[C@@H](O)[C@H](O[C@H]3O[C@H](CO)[C@@H](O)[C@H](O)[C@@H]3O[C@H]3O[C@H](CO)[C@@H](O)[C@H](O)[C@@H]3O[C@H]3O[C@H](CO)[C@@H](O)[C@H](OC4O[C@H](CO)[C@@H](O)[C@H](O)[C@H]4O)[C@@H]3O)[C@@H]2O)[C@@H]1O. The van der Waals surface area contributed by atoms with Crippen LogP contribution < -0.4 is 10.6 Å². The van der Waals surface area contributed by atoms with Gasteiger partial charge in [0.05, 0.1) is 79.3 Å². The summed E-state index contributed by atoms with van der Waals surface area (Å²) in [6.45, 7) is -12.4. The van der Waals surface area contributed by atoms with Crippen molar-refractivity contribution in [3.63, 3.8) is 0 Å². The standard InChI is InChI=1S/C76H128N2O61/c1-15(89)77-29-41(101)56(25(11-87)119-65(29)116)131-66-30(78-16(2)90)42(102)57(26(12-88)128-66)132-72-55(115)60(135-75-64(49(109)37(97)22(8-84)126-75)139-76-63(48(108)36(96)23(9-85)127-76)138-71-54(114)58(38(98)24(10-86)123-71)133-68-50(110)43(103)31(91)17(3-79)120-68)40(100)28(130-72)13-117-67-53(113)59(134-74-62(47(107)35(95)21(7-83)125-74)137-70-52(112)45(105)33(93)19(5-81)122-70)39(99)27(129-67)14-118-73-61(46(106)34(94)20(6-82)124-73)136-69-51(111)44(104)32(92)18(4-80)121-69/h17-76,79-88,91-116H,3-14H2,1-2H3,(H,77,89)(H,78,90)/t17-,18-,19-,20-,21-,22-,23-,24-,25-,26-,27-,28-,29-,30-,31-,32-,33-,34-,35-,36-,37-,38-,39-,40-,41-,42-,43+,44+,45+,46+,47+,48+,49+,50-,51+,52+,53+,54+,55+,56-,57-,58+,59+,60+,61+,62+,63+,64+,65?,66+,67+,68?,69-,70-,71-,72+,73+,74-,75-,76-/m1/s1. The molecule has 0 aliphatic carbocycles. The molecule has 12 heterocycles. The molecule has 63 heteroatoms. The molecule has 12 rings (SSSR count). The van der Waals surface area contributed by atoms with Gasteiger partial charge in [-0.05, 0) is 0 Å². The molecular weight excluding hydrogens is 1920 g/mol. The van der Waals surface area contributed by atoms with Gasteiger partial charge in [0, 0.05) is 13.8 Å². The van der Waals surface area contributed by atoms with Crippen LogP contribution in [-0.2, 0) is 119 Å². The van der Waals surface area contributed by atoms with Crippen molar-refractivity contribution in [3.05, 3.63) is 0 Å². The average molecular weight is 2050 g/mol. The van der Waals surface area contributed by atoms with Crippen LogP contribution in [0, 0.1) is 0 Å². The van der Waals surface area contributed by atoms with Crippen molar-refractivity contribution < 1.29 is 302 Å². The number of rotatable bonds is 36. The molecule has 0 aromatic rings. The zero-order chi connectivity index (χ0) is 102. The molecule has 12 aliphatic heterocycles. The van der Waals surface area contributed by atoms with Crippen LogP contribution in [0.1, 0.15) is 13.8 Å². The molecule has 38 N–H and O–H groups in total. The van der Waals surface area contributed by atoms with E-state index in [9.17, 15) is 193 Å². The lowest BCUT2D eigenvalue weighted by atomic mass is 9.94. The van der Waals surface area contributed by atoms with Gasteiger partial charge < -0.3 is 303 Å². The molecule has 0 aromatic heterocycles. The fraction of sp³-hybridized carbons (Fsp3) is 0.974. The lowest BCUT2D eigenvalue weighted by Gasteiger charge is -2.51. The van der Waals surface area contributed by atoms with Gasteiger partial charge >= 0.3 is 0 Å². The first kappa shape index (κ1) is 114. The van der Waals surface area contributed by atoms with Crippen LogP contribution in [0.2, 0.25) is 0 Å². The van der Waals surface area contributed by atoms with E-state index in [1.165, 1.54) is 0 Å². The second-order valence-electron chi connectivity index (χ2n) is 35.2. The normalized spacial score (nSPS) is 51.9. The second-order valence-corrected chi connectivity index (χ2v) is 35.2. The van der Waals surface area contributed by atoms with E-state index in [-0.39, 0.29) is 0 Å². The Bertz CT molecular complexity index is 3730. The monoisotopic (exact) mass is 2040 g/mol. The third-order valence-electron chi connectivity index (χ3n) is 25.9. The zero-order valence-corrected chi connectivity index (χ0v) is 73.4. The molecule has 0 radical (unpaired) electrons. The predicted molar refractivity (Wildman–Crippen MR) is 418 cm³/mol. The minimum absolute atomic E-state index is 0.840. The molecule has 12 saturated heterocycles.